The molecule has 0 atom stereocenters. The number of ether oxygens (including phenoxy) is 2. The highest BCUT2D eigenvalue weighted by Gasteiger charge is 2.54. The number of carbonyl (C=O) groups is 2. The molecule has 146 valence electrons. The molecule has 1 aromatic rings. The summed E-state index contributed by atoms with van der Waals surface area (Å²) in [4.78, 5) is 27.4. The van der Waals surface area contributed by atoms with Gasteiger partial charge in [0.05, 0.1) is 20.6 Å². The number of benzene rings is 1. The summed E-state index contributed by atoms with van der Waals surface area (Å²) in [5.41, 5.74) is 0.540. The van der Waals surface area contributed by atoms with E-state index in [4.69, 9.17) is 9.47 Å². The summed E-state index contributed by atoms with van der Waals surface area (Å²) >= 11 is 0. The molecule has 4 saturated carbocycles. The van der Waals surface area contributed by atoms with Gasteiger partial charge >= 0.3 is 5.97 Å². The highest BCUT2D eigenvalue weighted by Crippen LogP contribution is 2.58. The minimum absolute atomic E-state index is 0.0137. The lowest BCUT2D eigenvalue weighted by molar-refractivity contribution is -0.141. The van der Waals surface area contributed by atoms with Gasteiger partial charge in [0.2, 0.25) is 0 Å². The molecule has 1 aromatic carbocycles. The van der Waals surface area contributed by atoms with Crippen LogP contribution < -0.4 is 4.74 Å². The first-order valence-corrected chi connectivity index (χ1v) is 10.1. The Morgan fingerprint density at radius 3 is 2.26 bits per heavy atom. The molecule has 4 fully saturated rings. The zero-order valence-electron chi connectivity index (χ0n) is 16.3. The van der Waals surface area contributed by atoms with E-state index in [1.807, 2.05) is 23.1 Å². The molecule has 5 nitrogen and oxygen atoms in total. The normalized spacial score (nSPS) is 30.8. The number of esters is 1. The largest absolute Gasteiger partial charge is 0.497 e. The van der Waals surface area contributed by atoms with Gasteiger partial charge < -0.3 is 14.4 Å². The van der Waals surface area contributed by atoms with Crippen molar-refractivity contribution < 1.29 is 19.1 Å². The van der Waals surface area contributed by atoms with Crippen molar-refractivity contribution in [3.05, 3.63) is 29.8 Å². The van der Waals surface area contributed by atoms with Crippen molar-refractivity contribution in [2.75, 3.05) is 20.8 Å². The predicted octanol–water partition coefficient (Wildman–Crippen LogP) is 3.67. The summed E-state index contributed by atoms with van der Waals surface area (Å²) in [6.45, 7) is 0.425. The maximum atomic E-state index is 13.5. The topological polar surface area (TPSA) is 55.8 Å². The highest BCUT2D eigenvalue weighted by atomic mass is 16.5. The van der Waals surface area contributed by atoms with E-state index in [-0.39, 0.29) is 23.8 Å². The molecule has 4 aliphatic rings. The molecule has 0 aromatic heterocycles. The van der Waals surface area contributed by atoms with Crippen LogP contribution in [-0.2, 0) is 9.53 Å². The Kier molecular flexibility index (Phi) is 4.87. The molecule has 0 saturated heterocycles. The summed E-state index contributed by atoms with van der Waals surface area (Å²) in [5.74, 6) is 2.63. The first-order valence-electron chi connectivity index (χ1n) is 10.1. The molecular weight excluding hydrogens is 342 g/mol. The smallest absolute Gasteiger partial charge is 0.307 e. The molecule has 5 rings (SSSR count). The van der Waals surface area contributed by atoms with E-state index in [2.05, 4.69) is 0 Å². The number of rotatable bonds is 6. The minimum Gasteiger partial charge on any atom is -0.497 e. The Morgan fingerprint density at radius 1 is 1.07 bits per heavy atom. The van der Waals surface area contributed by atoms with Crippen LogP contribution in [-0.4, -0.2) is 43.1 Å². The number of hydrogen-bond donors (Lipinski definition) is 0. The van der Waals surface area contributed by atoms with Crippen LogP contribution >= 0.6 is 0 Å². The second kappa shape index (κ2) is 7.17. The third-order valence-corrected chi connectivity index (χ3v) is 6.91. The fourth-order valence-electron chi connectivity index (χ4n) is 6.17. The van der Waals surface area contributed by atoms with Gasteiger partial charge in [-0.2, -0.15) is 0 Å². The average Bonchev–Trinajstić information content (AvgIpc) is 2.66. The van der Waals surface area contributed by atoms with Crippen molar-refractivity contribution in [2.24, 2.45) is 17.8 Å². The van der Waals surface area contributed by atoms with Gasteiger partial charge in [0.1, 0.15) is 5.75 Å². The monoisotopic (exact) mass is 371 g/mol. The Hall–Kier alpha value is -2.04. The molecule has 4 bridgehead atoms. The summed E-state index contributed by atoms with van der Waals surface area (Å²) in [7, 11) is 3.01. The van der Waals surface area contributed by atoms with Crippen molar-refractivity contribution in [1.82, 2.24) is 4.90 Å². The van der Waals surface area contributed by atoms with Gasteiger partial charge in [-0.15, -0.1) is 0 Å². The average molecular weight is 371 g/mol. The fraction of sp³-hybridized carbons (Fsp3) is 0.636. The van der Waals surface area contributed by atoms with E-state index in [0.29, 0.717) is 17.9 Å². The van der Waals surface area contributed by atoms with Gasteiger partial charge in [0, 0.05) is 17.6 Å². The van der Waals surface area contributed by atoms with E-state index < -0.39 is 0 Å². The van der Waals surface area contributed by atoms with Gasteiger partial charge in [-0.1, -0.05) is 6.07 Å². The van der Waals surface area contributed by atoms with Crippen LogP contribution in [0.3, 0.4) is 0 Å². The first-order chi connectivity index (χ1) is 13.0. The molecule has 0 N–H and O–H groups in total. The molecule has 0 radical (unpaired) electrons. The third kappa shape index (κ3) is 3.44. The Morgan fingerprint density at radius 2 is 1.70 bits per heavy atom. The van der Waals surface area contributed by atoms with E-state index in [0.717, 1.165) is 37.0 Å². The molecule has 0 unspecified atom stereocenters. The van der Waals surface area contributed by atoms with Crippen LogP contribution in [0.25, 0.3) is 0 Å². The lowest BCUT2D eigenvalue weighted by Gasteiger charge is -2.60. The molecule has 1 amide bonds. The van der Waals surface area contributed by atoms with Crippen LogP contribution in [0.5, 0.6) is 5.75 Å². The summed E-state index contributed by atoms with van der Waals surface area (Å²) in [6, 6.07) is 7.34. The summed E-state index contributed by atoms with van der Waals surface area (Å²) in [5, 5.41) is 0. The second-order valence-electron chi connectivity index (χ2n) is 8.66. The molecule has 0 spiro atoms. The Labute approximate surface area is 161 Å². The summed E-state index contributed by atoms with van der Waals surface area (Å²) < 4.78 is 10.1. The third-order valence-electron chi connectivity index (χ3n) is 6.91. The van der Waals surface area contributed by atoms with Gasteiger partial charge in [0.25, 0.3) is 5.91 Å². The van der Waals surface area contributed by atoms with Crippen molar-refractivity contribution in [3.8, 4) is 5.75 Å². The minimum atomic E-state index is -0.261. The van der Waals surface area contributed by atoms with Crippen molar-refractivity contribution >= 4 is 11.9 Å². The molecule has 5 heteroatoms. The maximum absolute atomic E-state index is 13.5. The zero-order chi connectivity index (χ0) is 19.0. The van der Waals surface area contributed by atoms with Crippen molar-refractivity contribution in [3.63, 3.8) is 0 Å². The van der Waals surface area contributed by atoms with Crippen LogP contribution in [0.2, 0.25) is 0 Å². The number of hydrogen-bond acceptors (Lipinski definition) is 4. The molecule has 0 heterocycles. The van der Waals surface area contributed by atoms with Crippen molar-refractivity contribution in [1.29, 1.82) is 0 Å². The lowest BCUT2D eigenvalue weighted by atomic mass is 9.52. The Balaban J connectivity index is 1.64. The van der Waals surface area contributed by atoms with Crippen molar-refractivity contribution in [2.45, 2.75) is 50.5 Å². The first kappa shape index (κ1) is 18.3. The fourth-order valence-corrected chi connectivity index (χ4v) is 6.17. The highest BCUT2D eigenvalue weighted by molar-refractivity contribution is 5.95. The standard InChI is InChI=1S/C22H29NO4/c1-26-19-5-3-4-18(11-19)21(25)23(7-6-20(24)27-2)22-12-15-8-16(13-22)10-17(9-15)14-22/h3-5,11,15-17H,6-10,12-14H2,1-2H3. The molecule has 27 heavy (non-hydrogen) atoms. The lowest BCUT2D eigenvalue weighted by Crippen LogP contribution is -2.61. The molecule has 0 aliphatic heterocycles. The van der Waals surface area contributed by atoms with Gasteiger partial charge in [-0.3, -0.25) is 9.59 Å². The van der Waals surface area contributed by atoms with Gasteiger partial charge in [-0.25, -0.2) is 0 Å². The zero-order valence-corrected chi connectivity index (χ0v) is 16.3. The van der Waals surface area contributed by atoms with Crippen LogP contribution in [0.15, 0.2) is 24.3 Å². The quantitative estimate of drug-likeness (QED) is 0.716. The Bertz CT molecular complexity index is 693. The number of carbonyl (C=O) groups excluding carboxylic acids is 2. The van der Waals surface area contributed by atoms with Gasteiger partial charge in [-0.05, 0) is 74.5 Å². The molecule has 4 aliphatic carbocycles. The number of amides is 1. The van der Waals surface area contributed by atoms with Crippen LogP contribution in [0.4, 0.5) is 0 Å². The summed E-state index contributed by atoms with van der Waals surface area (Å²) in [6.07, 6.45) is 7.43. The SMILES string of the molecule is COC(=O)CCN(C(=O)c1cccc(OC)c1)C12CC3CC(CC(C3)C1)C2. The number of nitrogens with zero attached hydrogens (tertiary/aromatic N) is 1. The van der Waals surface area contributed by atoms with E-state index in [9.17, 15) is 9.59 Å². The molecular formula is C22H29NO4. The number of methoxy groups -OCH3 is 2. The second-order valence-corrected chi connectivity index (χ2v) is 8.66. The van der Waals surface area contributed by atoms with Gasteiger partial charge in [0.15, 0.2) is 0 Å². The van der Waals surface area contributed by atoms with Crippen LogP contribution in [0, 0.1) is 17.8 Å². The van der Waals surface area contributed by atoms with E-state index in [1.54, 1.807) is 13.2 Å². The predicted molar refractivity (Wildman–Crippen MR) is 102 cm³/mol. The van der Waals surface area contributed by atoms with E-state index >= 15 is 0 Å². The maximum Gasteiger partial charge on any atom is 0.307 e. The van der Waals surface area contributed by atoms with Crippen LogP contribution in [0.1, 0.15) is 55.3 Å². The van der Waals surface area contributed by atoms with E-state index in [1.165, 1.54) is 26.4 Å².